The SMILES string of the molecule is CCOC(=O)c1cc(-c2ccc(N3CCN(C(=O)c4cc(C)nn4C)CC3)cc2)n(-c2ccccn2)n1. The van der Waals surface area contributed by atoms with Gasteiger partial charge in [0.1, 0.15) is 5.69 Å². The van der Waals surface area contributed by atoms with Gasteiger partial charge in [-0.25, -0.2) is 14.5 Å². The van der Waals surface area contributed by atoms with Crippen LogP contribution >= 0.6 is 0 Å². The van der Waals surface area contributed by atoms with Gasteiger partial charge in [-0.1, -0.05) is 18.2 Å². The Labute approximate surface area is 215 Å². The zero-order chi connectivity index (χ0) is 25.9. The molecular formula is C27H29N7O3. The summed E-state index contributed by atoms with van der Waals surface area (Å²) in [6.45, 7) is 6.68. The fourth-order valence-electron chi connectivity index (χ4n) is 4.53. The van der Waals surface area contributed by atoms with Crippen LogP contribution in [0.2, 0.25) is 0 Å². The highest BCUT2D eigenvalue weighted by atomic mass is 16.5. The number of piperazine rings is 1. The Morgan fingerprint density at radius 2 is 1.73 bits per heavy atom. The van der Waals surface area contributed by atoms with Crippen LogP contribution in [0.3, 0.4) is 0 Å². The molecule has 4 heterocycles. The van der Waals surface area contributed by atoms with Gasteiger partial charge in [-0.15, -0.1) is 0 Å². The van der Waals surface area contributed by atoms with E-state index in [0.717, 1.165) is 35.7 Å². The van der Waals surface area contributed by atoms with Crippen LogP contribution in [-0.4, -0.2) is 74.1 Å². The van der Waals surface area contributed by atoms with Crippen LogP contribution in [0.25, 0.3) is 17.1 Å². The number of nitrogens with zero attached hydrogens (tertiary/aromatic N) is 7. The lowest BCUT2D eigenvalue weighted by atomic mass is 10.1. The molecular weight excluding hydrogens is 470 g/mol. The molecule has 190 valence electrons. The number of pyridine rings is 1. The van der Waals surface area contributed by atoms with E-state index in [1.165, 1.54) is 0 Å². The number of hydrogen-bond acceptors (Lipinski definition) is 7. The Balaban J connectivity index is 1.33. The van der Waals surface area contributed by atoms with Crippen LogP contribution < -0.4 is 4.90 Å². The highest BCUT2D eigenvalue weighted by Gasteiger charge is 2.25. The minimum absolute atomic E-state index is 0.0123. The van der Waals surface area contributed by atoms with Crippen molar-refractivity contribution in [2.75, 3.05) is 37.7 Å². The summed E-state index contributed by atoms with van der Waals surface area (Å²) in [6, 6.07) is 17.2. The van der Waals surface area contributed by atoms with Crippen molar-refractivity contribution in [3.8, 4) is 17.1 Å². The van der Waals surface area contributed by atoms with Gasteiger partial charge in [0.05, 0.1) is 18.0 Å². The topological polar surface area (TPSA) is 98.4 Å². The molecule has 1 aliphatic heterocycles. The quantitative estimate of drug-likeness (QED) is 0.376. The van der Waals surface area contributed by atoms with E-state index in [4.69, 9.17) is 4.74 Å². The van der Waals surface area contributed by atoms with Gasteiger partial charge in [0, 0.05) is 50.7 Å². The first-order valence-corrected chi connectivity index (χ1v) is 12.3. The third-order valence-electron chi connectivity index (χ3n) is 6.38. The number of aryl methyl sites for hydroxylation is 2. The van der Waals surface area contributed by atoms with Crippen molar-refractivity contribution in [2.45, 2.75) is 13.8 Å². The Hall–Kier alpha value is -4.47. The Morgan fingerprint density at radius 1 is 0.973 bits per heavy atom. The number of hydrogen-bond donors (Lipinski definition) is 0. The van der Waals surface area contributed by atoms with E-state index in [9.17, 15) is 9.59 Å². The van der Waals surface area contributed by atoms with Gasteiger partial charge in [-0.3, -0.25) is 9.48 Å². The number of carbonyl (C=O) groups excluding carboxylic acids is 2. The van der Waals surface area contributed by atoms with Gasteiger partial charge in [0.25, 0.3) is 5.91 Å². The van der Waals surface area contributed by atoms with E-state index >= 15 is 0 Å². The maximum atomic E-state index is 12.9. The zero-order valence-corrected chi connectivity index (χ0v) is 21.2. The average molecular weight is 500 g/mol. The van der Waals surface area contributed by atoms with Crippen LogP contribution in [0, 0.1) is 6.92 Å². The van der Waals surface area contributed by atoms with Gasteiger partial charge in [0.15, 0.2) is 11.5 Å². The van der Waals surface area contributed by atoms with E-state index in [1.54, 1.807) is 35.6 Å². The molecule has 0 unspecified atom stereocenters. The molecule has 1 aliphatic rings. The van der Waals surface area contributed by atoms with E-state index < -0.39 is 5.97 Å². The number of carbonyl (C=O) groups is 2. The largest absolute Gasteiger partial charge is 0.461 e. The second kappa shape index (κ2) is 10.3. The number of esters is 1. The summed E-state index contributed by atoms with van der Waals surface area (Å²) in [7, 11) is 1.80. The fraction of sp³-hybridized carbons (Fsp3) is 0.296. The van der Waals surface area contributed by atoms with E-state index in [2.05, 4.69) is 32.2 Å². The van der Waals surface area contributed by atoms with Crippen LogP contribution in [0.15, 0.2) is 60.8 Å². The number of amides is 1. The van der Waals surface area contributed by atoms with Gasteiger partial charge in [-0.05, 0) is 50.2 Å². The molecule has 3 aromatic heterocycles. The van der Waals surface area contributed by atoms with E-state index in [-0.39, 0.29) is 18.2 Å². The van der Waals surface area contributed by atoms with Gasteiger partial charge in [-0.2, -0.15) is 10.2 Å². The molecule has 0 atom stereocenters. The third-order valence-corrected chi connectivity index (χ3v) is 6.38. The Morgan fingerprint density at radius 3 is 2.35 bits per heavy atom. The van der Waals surface area contributed by atoms with Gasteiger partial charge < -0.3 is 14.5 Å². The van der Waals surface area contributed by atoms with Crippen LogP contribution in [0.4, 0.5) is 5.69 Å². The lowest BCUT2D eigenvalue weighted by Crippen LogP contribution is -2.49. The normalized spacial score (nSPS) is 13.6. The summed E-state index contributed by atoms with van der Waals surface area (Å²) in [5.41, 5.74) is 4.40. The van der Waals surface area contributed by atoms with E-state index in [0.29, 0.717) is 24.6 Å². The molecule has 1 fully saturated rings. The summed E-state index contributed by atoms with van der Waals surface area (Å²) >= 11 is 0. The summed E-state index contributed by atoms with van der Waals surface area (Å²) in [5.74, 6) is 0.156. The molecule has 5 rings (SSSR count). The highest BCUT2D eigenvalue weighted by Crippen LogP contribution is 2.27. The number of rotatable bonds is 6. The van der Waals surface area contributed by atoms with E-state index in [1.807, 2.05) is 48.2 Å². The van der Waals surface area contributed by atoms with Gasteiger partial charge >= 0.3 is 5.97 Å². The number of ether oxygens (including phenoxy) is 1. The minimum atomic E-state index is -0.469. The molecule has 10 nitrogen and oxygen atoms in total. The lowest BCUT2D eigenvalue weighted by Gasteiger charge is -2.36. The Kier molecular flexibility index (Phi) is 6.72. The maximum Gasteiger partial charge on any atom is 0.358 e. The summed E-state index contributed by atoms with van der Waals surface area (Å²) in [6.07, 6.45) is 1.69. The molecule has 1 amide bonds. The second-order valence-electron chi connectivity index (χ2n) is 8.86. The third kappa shape index (κ3) is 4.95. The monoisotopic (exact) mass is 499 g/mol. The van der Waals surface area contributed by atoms with Crippen LogP contribution in [-0.2, 0) is 11.8 Å². The molecule has 4 aromatic rings. The fourth-order valence-corrected chi connectivity index (χ4v) is 4.53. The summed E-state index contributed by atoms with van der Waals surface area (Å²) in [5, 5.41) is 8.76. The lowest BCUT2D eigenvalue weighted by molar-refractivity contribution is 0.0518. The zero-order valence-electron chi connectivity index (χ0n) is 21.2. The number of benzene rings is 1. The number of aromatic nitrogens is 5. The van der Waals surface area contributed by atoms with Gasteiger partial charge in [0.2, 0.25) is 0 Å². The Bertz CT molecular complexity index is 1400. The molecule has 0 aliphatic carbocycles. The molecule has 0 bridgehead atoms. The van der Waals surface area contributed by atoms with Crippen molar-refractivity contribution in [2.24, 2.45) is 7.05 Å². The summed E-state index contributed by atoms with van der Waals surface area (Å²) in [4.78, 5) is 33.8. The number of anilines is 1. The first-order chi connectivity index (χ1) is 17.9. The molecule has 0 N–H and O–H groups in total. The molecule has 1 aromatic carbocycles. The first kappa shape index (κ1) is 24.2. The standard InChI is InChI=1S/C27H29N7O3/c1-4-37-27(36)22-18-23(34(30-22)25-7-5-6-12-28-25)20-8-10-21(11-9-20)32-13-15-33(16-14-32)26(35)24-17-19(2)29-31(24)3/h5-12,17-18H,4,13-16H2,1-3H3. The molecule has 10 heteroatoms. The maximum absolute atomic E-state index is 12.9. The smallest absolute Gasteiger partial charge is 0.358 e. The minimum Gasteiger partial charge on any atom is -0.461 e. The molecule has 1 saturated heterocycles. The predicted octanol–water partition coefficient (Wildman–Crippen LogP) is 3.12. The predicted molar refractivity (Wildman–Crippen MR) is 139 cm³/mol. The van der Waals surface area contributed by atoms with Crippen molar-refractivity contribution in [1.82, 2.24) is 29.4 Å². The van der Waals surface area contributed by atoms with Crippen molar-refractivity contribution in [3.63, 3.8) is 0 Å². The highest BCUT2D eigenvalue weighted by molar-refractivity contribution is 5.93. The molecule has 37 heavy (non-hydrogen) atoms. The molecule has 0 spiro atoms. The van der Waals surface area contributed by atoms with Crippen molar-refractivity contribution in [3.05, 3.63) is 77.9 Å². The van der Waals surface area contributed by atoms with Crippen molar-refractivity contribution < 1.29 is 14.3 Å². The molecule has 0 radical (unpaired) electrons. The van der Waals surface area contributed by atoms with Crippen LogP contribution in [0.1, 0.15) is 33.6 Å². The van der Waals surface area contributed by atoms with Crippen molar-refractivity contribution in [1.29, 1.82) is 0 Å². The average Bonchev–Trinajstić information content (AvgIpc) is 3.52. The first-order valence-electron chi connectivity index (χ1n) is 12.3. The van der Waals surface area contributed by atoms with Crippen molar-refractivity contribution >= 4 is 17.6 Å². The van der Waals surface area contributed by atoms with Crippen LogP contribution in [0.5, 0.6) is 0 Å². The summed E-state index contributed by atoms with van der Waals surface area (Å²) < 4.78 is 8.46. The molecule has 0 saturated carbocycles. The second-order valence-corrected chi connectivity index (χ2v) is 8.86.